The van der Waals surface area contributed by atoms with Crippen LogP contribution in [0.5, 0.6) is 0 Å². The Morgan fingerprint density at radius 2 is 2.23 bits per heavy atom. The van der Waals surface area contributed by atoms with Crippen LogP contribution in [-0.4, -0.2) is 37.9 Å². The third-order valence-corrected chi connectivity index (χ3v) is 4.47. The standard InChI is InChI=1S/C14H16FN5OS/c15-10-4-3-7-12(8-10)20-14(17-18-19-20)22-9-13(21)16-11-5-1-2-6-11/h3-4,7-8,11H,1-2,5-6,9H2,(H,16,21). The number of tetrazole rings is 1. The summed E-state index contributed by atoms with van der Waals surface area (Å²) in [5.41, 5.74) is 0.531. The molecule has 116 valence electrons. The van der Waals surface area contributed by atoms with Gasteiger partial charge in [-0.2, -0.15) is 4.68 Å². The van der Waals surface area contributed by atoms with Crippen LogP contribution in [0.1, 0.15) is 25.7 Å². The van der Waals surface area contributed by atoms with Crippen molar-refractivity contribution in [3.8, 4) is 5.69 Å². The summed E-state index contributed by atoms with van der Waals surface area (Å²) in [6.07, 6.45) is 4.46. The first-order chi connectivity index (χ1) is 10.7. The average Bonchev–Trinajstić information content (AvgIpc) is 3.16. The topological polar surface area (TPSA) is 72.7 Å². The minimum Gasteiger partial charge on any atom is -0.353 e. The molecule has 0 unspecified atom stereocenters. The van der Waals surface area contributed by atoms with Crippen molar-refractivity contribution in [2.24, 2.45) is 0 Å². The molecule has 2 aromatic rings. The van der Waals surface area contributed by atoms with Crippen molar-refractivity contribution in [3.63, 3.8) is 0 Å². The first kappa shape index (κ1) is 15.0. The molecule has 0 aliphatic heterocycles. The quantitative estimate of drug-likeness (QED) is 0.852. The molecule has 1 amide bonds. The molecule has 22 heavy (non-hydrogen) atoms. The molecule has 1 aliphatic rings. The number of hydrogen-bond acceptors (Lipinski definition) is 5. The third-order valence-electron chi connectivity index (χ3n) is 3.55. The minimum atomic E-state index is -0.358. The Morgan fingerprint density at radius 1 is 1.41 bits per heavy atom. The lowest BCUT2D eigenvalue weighted by Crippen LogP contribution is -2.33. The Kier molecular flexibility index (Phi) is 4.67. The van der Waals surface area contributed by atoms with E-state index in [-0.39, 0.29) is 17.5 Å². The number of nitrogens with one attached hydrogen (secondary N) is 1. The Labute approximate surface area is 131 Å². The molecule has 1 saturated carbocycles. The van der Waals surface area contributed by atoms with E-state index in [0.717, 1.165) is 12.8 Å². The zero-order valence-electron chi connectivity index (χ0n) is 11.9. The number of halogens is 1. The first-order valence-electron chi connectivity index (χ1n) is 7.19. The van der Waals surface area contributed by atoms with Crippen LogP contribution >= 0.6 is 11.8 Å². The van der Waals surface area contributed by atoms with Crippen LogP contribution in [-0.2, 0) is 4.79 Å². The zero-order chi connectivity index (χ0) is 15.4. The molecule has 0 spiro atoms. The maximum Gasteiger partial charge on any atom is 0.230 e. The predicted octanol–water partition coefficient (Wildman–Crippen LogP) is 1.95. The van der Waals surface area contributed by atoms with E-state index in [9.17, 15) is 9.18 Å². The highest BCUT2D eigenvalue weighted by atomic mass is 32.2. The van der Waals surface area contributed by atoms with Crippen LogP contribution in [0.3, 0.4) is 0 Å². The van der Waals surface area contributed by atoms with Crippen molar-refractivity contribution in [2.45, 2.75) is 36.9 Å². The molecular weight excluding hydrogens is 305 g/mol. The molecule has 6 nitrogen and oxygen atoms in total. The normalized spacial score (nSPS) is 15.1. The molecule has 0 bridgehead atoms. The summed E-state index contributed by atoms with van der Waals surface area (Å²) in [4.78, 5) is 11.9. The highest BCUT2D eigenvalue weighted by Gasteiger charge is 2.18. The van der Waals surface area contributed by atoms with Gasteiger partial charge >= 0.3 is 0 Å². The minimum absolute atomic E-state index is 0.0225. The molecule has 0 radical (unpaired) electrons. The van der Waals surface area contributed by atoms with E-state index >= 15 is 0 Å². The van der Waals surface area contributed by atoms with Gasteiger partial charge in [0.1, 0.15) is 5.82 Å². The van der Waals surface area contributed by atoms with Gasteiger partial charge in [0.05, 0.1) is 11.4 Å². The maximum atomic E-state index is 13.3. The number of aromatic nitrogens is 4. The molecule has 0 atom stereocenters. The van der Waals surface area contributed by atoms with Gasteiger partial charge in [0.15, 0.2) is 0 Å². The van der Waals surface area contributed by atoms with Crippen LogP contribution in [0.2, 0.25) is 0 Å². The van der Waals surface area contributed by atoms with Gasteiger partial charge in [0.25, 0.3) is 0 Å². The third kappa shape index (κ3) is 3.62. The van der Waals surface area contributed by atoms with Crippen molar-refractivity contribution < 1.29 is 9.18 Å². The van der Waals surface area contributed by atoms with Crippen molar-refractivity contribution in [1.29, 1.82) is 0 Å². The Hall–Kier alpha value is -1.96. The van der Waals surface area contributed by atoms with Crippen molar-refractivity contribution in [1.82, 2.24) is 25.5 Å². The van der Waals surface area contributed by atoms with Crippen LogP contribution in [0.4, 0.5) is 4.39 Å². The molecule has 1 aromatic heterocycles. The van der Waals surface area contributed by atoms with E-state index in [1.54, 1.807) is 12.1 Å². The Balaban J connectivity index is 1.61. The number of nitrogens with zero attached hydrogens (tertiary/aromatic N) is 4. The number of rotatable bonds is 5. The molecular formula is C14H16FN5OS. The largest absolute Gasteiger partial charge is 0.353 e. The Morgan fingerprint density at radius 3 is 3.00 bits per heavy atom. The highest BCUT2D eigenvalue weighted by molar-refractivity contribution is 7.99. The van der Waals surface area contributed by atoms with E-state index in [1.807, 2.05) is 0 Å². The van der Waals surface area contributed by atoms with Crippen LogP contribution in [0.15, 0.2) is 29.4 Å². The van der Waals surface area contributed by atoms with E-state index in [4.69, 9.17) is 0 Å². The lowest BCUT2D eigenvalue weighted by atomic mass is 10.2. The SMILES string of the molecule is O=C(CSc1nnnn1-c1cccc(F)c1)NC1CCCC1. The molecule has 1 aliphatic carbocycles. The van der Waals surface area contributed by atoms with Gasteiger partial charge in [-0.25, -0.2) is 4.39 Å². The van der Waals surface area contributed by atoms with Gasteiger partial charge in [-0.05, 0) is 41.5 Å². The van der Waals surface area contributed by atoms with Gasteiger partial charge < -0.3 is 5.32 Å². The number of hydrogen-bond donors (Lipinski definition) is 1. The molecule has 1 fully saturated rings. The fraction of sp³-hybridized carbons (Fsp3) is 0.429. The lowest BCUT2D eigenvalue weighted by molar-refractivity contribution is -0.119. The lowest BCUT2D eigenvalue weighted by Gasteiger charge is -2.11. The van der Waals surface area contributed by atoms with Crippen LogP contribution < -0.4 is 5.32 Å². The van der Waals surface area contributed by atoms with E-state index in [0.29, 0.717) is 16.9 Å². The van der Waals surface area contributed by atoms with Gasteiger partial charge in [-0.1, -0.05) is 30.7 Å². The fourth-order valence-electron chi connectivity index (χ4n) is 2.51. The molecule has 1 heterocycles. The van der Waals surface area contributed by atoms with Crippen molar-refractivity contribution >= 4 is 17.7 Å². The number of carbonyl (C=O) groups excluding carboxylic acids is 1. The summed E-state index contributed by atoms with van der Waals surface area (Å²) in [5.74, 6) is -0.139. The van der Waals surface area contributed by atoms with E-state index < -0.39 is 0 Å². The molecule has 3 rings (SSSR count). The number of carbonyl (C=O) groups is 1. The Bertz CT molecular complexity index is 656. The summed E-state index contributed by atoms with van der Waals surface area (Å²) in [5, 5.41) is 14.8. The smallest absolute Gasteiger partial charge is 0.230 e. The second-order valence-corrected chi connectivity index (χ2v) is 6.13. The maximum absolute atomic E-state index is 13.3. The summed E-state index contributed by atoms with van der Waals surface area (Å²) in [7, 11) is 0. The molecule has 1 N–H and O–H groups in total. The highest BCUT2D eigenvalue weighted by Crippen LogP contribution is 2.20. The van der Waals surface area contributed by atoms with Crippen molar-refractivity contribution in [3.05, 3.63) is 30.1 Å². The summed E-state index contributed by atoms with van der Waals surface area (Å²) in [6.45, 7) is 0. The van der Waals surface area contributed by atoms with Gasteiger partial charge in [0, 0.05) is 6.04 Å². The second-order valence-electron chi connectivity index (χ2n) is 5.19. The van der Waals surface area contributed by atoms with E-state index in [1.165, 1.54) is 41.4 Å². The van der Waals surface area contributed by atoms with Gasteiger partial charge in [-0.15, -0.1) is 5.10 Å². The predicted molar refractivity (Wildman–Crippen MR) is 80.2 cm³/mol. The second kappa shape index (κ2) is 6.87. The van der Waals surface area contributed by atoms with Crippen molar-refractivity contribution in [2.75, 3.05) is 5.75 Å². The summed E-state index contributed by atoms with van der Waals surface area (Å²) < 4.78 is 14.7. The molecule has 1 aromatic carbocycles. The number of thioether (sulfide) groups is 1. The summed E-state index contributed by atoms with van der Waals surface area (Å²) in [6, 6.07) is 6.30. The summed E-state index contributed by atoms with van der Waals surface area (Å²) >= 11 is 1.24. The number of amides is 1. The monoisotopic (exact) mass is 321 g/mol. The fourth-order valence-corrected chi connectivity index (χ4v) is 3.21. The van der Waals surface area contributed by atoms with Gasteiger partial charge in [-0.3, -0.25) is 4.79 Å². The molecule has 0 saturated heterocycles. The molecule has 8 heteroatoms. The average molecular weight is 321 g/mol. The zero-order valence-corrected chi connectivity index (χ0v) is 12.7. The van der Waals surface area contributed by atoms with Crippen LogP contribution in [0.25, 0.3) is 5.69 Å². The first-order valence-corrected chi connectivity index (χ1v) is 8.17. The number of benzene rings is 1. The van der Waals surface area contributed by atoms with Gasteiger partial charge in [0.2, 0.25) is 11.1 Å². The van der Waals surface area contributed by atoms with E-state index in [2.05, 4.69) is 20.8 Å². The van der Waals surface area contributed by atoms with Crippen LogP contribution in [0, 0.1) is 5.82 Å².